The molecule has 23 heavy (non-hydrogen) atoms. The predicted molar refractivity (Wildman–Crippen MR) is 79.9 cm³/mol. The largest absolute Gasteiger partial charge is 0.379 e. The third-order valence-electron chi connectivity index (χ3n) is 3.45. The maximum atomic E-state index is 13.5. The number of rotatable bonds is 6. The molecule has 0 saturated carbocycles. The van der Waals surface area contributed by atoms with Crippen molar-refractivity contribution in [2.45, 2.75) is 25.1 Å². The van der Waals surface area contributed by atoms with Gasteiger partial charge in [0.25, 0.3) is 0 Å². The number of carbonyl (C=O) groups is 2. The highest BCUT2D eigenvalue weighted by Crippen LogP contribution is 2.12. The van der Waals surface area contributed by atoms with Crippen LogP contribution in [0, 0.1) is 5.82 Å². The van der Waals surface area contributed by atoms with Crippen LogP contribution in [0.1, 0.15) is 12.0 Å². The molecule has 0 unspecified atom stereocenters. The van der Waals surface area contributed by atoms with Crippen LogP contribution in [0.5, 0.6) is 0 Å². The molecule has 1 aliphatic rings. The van der Waals surface area contributed by atoms with E-state index in [1.54, 1.807) is 18.2 Å². The number of nitrogens with two attached hydrogens (primary N) is 1. The topological polar surface area (TPSA) is 103 Å². The molecule has 8 heteroatoms. The Morgan fingerprint density at radius 1 is 1.39 bits per heavy atom. The fraction of sp³-hybridized carbons (Fsp3) is 0.467. The van der Waals surface area contributed by atoms with Gasteiger partial charge in [0.2, 0.25) is 5.91 Å². The standard InChI is InChI=1S/C15H20FN3O4/c16-11-4-2-1-3-10(11)7-18-15(21)19-12-8-22-6-5-13(12)23-9-14(17)20/h1-4,12-13H,5-9H2,(H2,17,20)(H2,18,19,21)/t12-,13+/m1/s1. The molecular weight excluding hydrogens is 305 g/mol. The van der Waals surface area contributed by atoms with Gasteiger partial charge in [0.1, 0.15) is 12.4 Å². The van der Waals surface area contributed by atoms with Gasteiger partial charge < -0.3 is 25.8 Å². The molecule has 1 aromatic rings. The summed E-state index contributed by atoms with van der Waals surface area (Å²) in [6.07, 6.45) is 0.196. The first-order chi connectivity index (χ1) is 11.1. The molecule has 0 radical (unpaired) electrons. The average Bonchev–Trinajstić information content (AvgIpc) is 2.53. The smallest absolute Gasteiger partial charge is 0.315 e. The van der Waals surface area contributed by atoms with Crippen molar-refractivity contribution in [2.75, 3.05) is 19.8 Å². The number of primary amides is 1. The number of hydrogen-bond acceptors (Lipinski definition) is 4. The second-order valence-corrected chi connectivity index (χ2v) is 5.20. The third-order valence-corrected chi connectivity index (χ3v) is 3.45. The van der Waals surface area contributed by atoms with E-state index in [1.165, 1.54) is 6.07 Å². The molecule has 1 heterocycles. The molecule has 0 spiro atoms. The van der Waals surface area contributed by atoms with Gasteiger partial charge in [-0.15, -0.1) is 0 Å². The molecule has 7 nitrogen and oxygen atoms in total. The van der Waals surface area contributed by atoms with Crippen molar-refractivity contribution in [3.8, 4) is 0 Å². The van der Waals surface area contributed by atoms with E-state index in [4.69, 9.17) is 15.2 Å². The summed E-state index contributed by atoms with van der Waals surface area (Å²) in [6.45, 7) is 0.619. The van der Waals surface area contributed by atoms with Crippen LogP contribution in [0.25, 0.3) is 0 Å². The van der Waals surface area contributed by atoms with Crippen molar-refractivity contribution in [3.63, 3.8) is 0 Å². The molecule has 3 amide bonds. The summed E-state index contributed by atoms with van der Waals surface area (Å²) >= 11 is 0. The fourth-order valence-corrected chi connectivity index (χ4v) is 2.28. The molecule has 1 saturated heterocycles. The van der Waals surface area contributed by atoms with Gasteiger partial charge in [0.15, 0.2) is 0 Å². The second-order valence-electron chi connectivity index (χ2n) is 5.20. The van der Waals surface area contributed by atoms with Crippen LogP contribution in [0.4, 0.5) is 9.18 Å². The Balaban J connectivity index is 1.82. The molecule has 0 aromatic heterocycles. The zero-order valence-corrected chi connectivity index (χ0v) is 12.6. The van der Waals surface area contributed by atoms with Crippen molar-refractivity contribution < 1.29 is 23.5 Å². The maximum absolute atomic E-state index is 13.5. The number of hydrogen-bond donors (Lipinski definition) is 3. The van der Waals surface area contributed by atoms with Crippen LogP contribution in [0.2, 0.25) is 0 Å². The number of nitrogens with one attached hydrogen (secondary N) is 2. The minimum atomic E-state index is -0.570. The number of carbonyl (C=O) groups excluding carboxylic acids is 2. The summed E-state index contributed by atoms with van der Waals surface area (Å²) < 4.78 is 24.2. The zero-order valence-electron chi connectivity index (χ0n) is 12.6. The number of halogens is 1. The van der Waals surface area contributed by atoms with E-state index in [2.05, 4.69) is 10.6 Å². The highest BCUT2D eigenvalue weighted by atomic mass is 19.1. The molecule has 126 valence electrons. The molecule has 2 rings (SSSR count). The van der Waals surface area contributed by atoms with Crippen LogP contribution in [0.15, 0.2) is 24.3 Å². The molecule has 0 bridgehead atoms. The molecule has 2 atom stereocenters. The van der Waals surface area contributed by atoms with Crippen molar-refractivity contribution in [1.82, 2.24) is 10.6 Å². The van der Waals surface area contributed by atoms with Gasteiger partial charge in [0, 0.05) is 18.7 Å². The van der Waals surface area contributed by atoms with Crippen LogP contribution in [-0.2, 0) is 20.8 Å². The first kappa shape index (κ1) is 17.2. The van der Waals surface area contributed by atoms with Gasteiger partial charge in [0.05, 0.1) is 18.8 Å². The highest BCUT2D eigenvalue weighted by molar-refractivity contribution is 5.75. The monoisotopic (exact) mass is 325 g/mol. The number of benzene rings is 1. The number of ether oxygens (including phenoxy) is 2. The van der Waals surface area contributed by atoms with Gasteiger partial charge >= 0.3 is 6.03 Å². The highest BCUT2D eigenvalue weighted by Gasteiger charge is 2.28. The summed E-state index contributed by atoms with van der Waals surface area (Å²) in [6, 6.07) is 5.34. The van der Waals surface area contributed by atoms with E-state index in [-0.39, 0.29) is 31.7 Å². The van der Waals surface area contributed by atoms with Crippen molar-refractivity contribution in [1.29, 1.82) is 0 Å². The summed E-state index contributed by atoms with van der Waals surface area (Å²) in [5.74, 6) is -0.948. The van der Waals surface area contributed by atoms with E-state index >= 15 is 0 Å². The maximum Gasteiger partial charge on any atom is 0.315 e. The van der Waals surface area contributed by atoms with Crippen molar-refractivity contribution >= 4 is 11.9 Å². The lowest BCUT2D eigenvalue weighted by Gasteiger charge is -2.31. The Kier molecular flexibility index (Phi) is 6.30. The molecule has 4 N–H and O–H groups in total. The first-order valence-corrected chi connectivity index (χ1v) is 7.31. The van der Waals surface area contributed by atoms with Gasteiger partial charge in [-0.3, -0.25) is 4.79 Å². The van der Waals surface area contributed by atoms with Gasteiger partial charge in [-0.05, 0) is 12.5 Å². The Bertz CT molecular complexity index is 555. The van der Waals surface area contributed by atoms with Crippen molar-refractivity contribution in [3.05, 3.63) is 35.6 Å². The van der Waals surface area contributed by atoms with Crippen molar-refractivity contribution in [2.24, 2.45) is 5.73 Å². The van der Waals surface area contributed by atoms with Crippen LogP contribution in [-0.4, -0.2) is 43.9 Å². The molecular formula is C15H20FN3O4. The quantitative estimate of drug-likeness (QED) is 0.699. The summed E-state index contributed by atoms with van der Waals surface area (Å²) in [7, 11) is 0. The Labute approximate surface area is 133 Å². The minimum Gasteiger partial charge on any atom is -0.379 e. The Morgan fingerprint density at radius 3 is 2.91 bits per heavy atom. The fourth-order valence-electron chi connectivity index (χ4n) is 2.28. The van der Waals surface area contributed by atoms with E-state index in [1.807, 2.05) is 0 Å². The van der Waals surface area contributed by atoms with Gasteiger partial charge in [-0.25, -0.2) is 9.18 Å². The zero-order chi connectivity index (χ0) is 16.7. The number of amides is 3. The van der Waals surface area contributed by atoms with E-state index < -0.39 is 18.0 Å². The van der Waals surface area contributed by atoms with Gasteiger partial charge in [-0.2, -0.15) is 0 Å². The SMILES string of the molecule is NC(=O)CO[C@H]1CCOC[C@H]1NC(=O)NCc1ccccc1F. The summed E-state index contributed by atoms with van der Waals surface area (Å²) in [5, 5.41) is 5.29. The van der Waals surface area contributed by atoms with Crippen LogP contribution >= 0.6 is 0 Å². The molecule has 1 fully saturated rings. The second kappa shape index (κ2) is 8.44. The van der Waals surface area contributed by atoms with Gasteiger partial charge in [-0.1, -0.05) is 18.2 Å². The average molecular weight is 325 g/mol. The molecule has 1 aliphatic heterocycles. The summed E-state index contributed by atoms with van der Waals surface area (Å²) in [5.41, 5.74) is 5.44. The predicted octanol–water partition coefficient (Wildman–Crippen LogP) is 0.284. The van der Waals surface area contributed by atoms with Crippen LogP contribution in [0.3, 0.4) is 0 Å². The number of urea groups is 1. The Hall–Kier alpha value is -2.19. The Morgan fingerprint density at radius 2 is 2.17 bits per heavy atom. The molecule has 1 aromatic carbocycles. The van der Waals surface area contributed by atoms with E-state index in [0.717, 1.165) is 0 Å². The third kappa shape index (κ3) is 5.50. The van der Waals surface area contributed by atoms with E-state index in [9.17, 15) is 14.0 Å². The lowest BCUT2D eigenvalue weighted by Crippen LogP contribution is -2.53. The normalized spacial score (nSPS) is 20.7. The summed E-state index contributed by atoms with van der Waals surface area (Å²) in [4.78, 5) is 22.7. The van der Waals surface area contributed by atoms with Crippen LogP contribution < -0.4 is 16.4 Å². The lowest BCUT2D eigenvalue weighted by atomic mass is 10.1. The molecule has 0 aliphatic carbocycles. The van der Waals surface area contributed by atoms with E-state index in [0.29, 0.717) is 18.6 Å². The minimum absolute atomic E-state index is 0.0683. The lowest BCUT2D eigenvalue weighted by molar-refractivity contribution is -0.128. The first-order valence-electron chi connectivity index (χ1n) is 7.31.